The van der Waals surface area contributed by atoms with E-state index < -0.39 is 16.1 Å². The second-order valence-corrected chi connectivity index (χ2v) is 12.0. The molecule has 0 saturated carbocycles. The Morgan fingerprint density at radius 2 is 1.64 bits per heavy atom. The molecule has 0 fully saturated rings. The molecule has 0 heterocycles. The van der Waals surface area contributed by atoms with Crippen molar-refractivity contribution in [3.8, 4) is 11.8 Å². The normalized spacial score (nSPS) is 12.6. The molecule has 4 aromatic rings. The van der Waals surface area contributed by atoms with E-state index in [0.29, 0.717) is 12.1 Å². The number of aliphatic hydroxyl groups excluding tert-OH is 1. The van der Waals surface area contributed by atoms with Crippen molar-refractivity contribution in [2.75, 3.05) is 17.9 Å². The molecular weight excluding hydrogens is 510 g/mol. The van der Waals surface area contributed by atoms with Crippen molar-refractivity contribution in [3.63, 3.8) is 0 Å². The van der Waals surface area contributed by atoms with Crippen molar-refractivity contribution in [2.45, 2.75) is 37.7 Å². The van der Waals surface area contributed by atoms with Gasteiger partial charge in [0, 0.05) is 12.1 Å². The number of nitrogens with zero attached hydrogens (tertiary/aromatic N) is 1. The third-order valence-corrected chi connectivity index (χ3v) is 7.54. The van der Waals surface area contributed by atoms with Gasteiger partial charge < -0.3 is 15.2 Å². The van der Waals surface area contributed by atoms with Crippen LogP contribution in [0.1, 0.15) is 30.5 Å². The third kappa shape index (κ3) is 8.29. The van der Waals surface area contributed by atoms with Crippen molar-refractivity contribution < 1.29 is 18.3 Å². The lowest BCUT2D eigenvalue weighted by molar-refractivity contribution is 0.0987. The summed E-state index contributed by atoms with van der Waals surface area (Å²) in [6.07, 6.45) is -0.0255. The molecule has 0 amide bonds. The number of nitrogens with one attached hydrogen (secondary N) is 2. The van der Waals surface area contributed by atoms with Crippen LogP contribution in [0.2, 0.25) is 0 Å². The highest BCUT2D eigenvalue weighted by Gasteiger charge is 2.20. The molecule has 0 aliphatic heterocycles. The molecule has 0 radical (unpaired) electrons. The summed E-state index contributed by atoms with van der Waals surface area (Å²) in [4.78, 5) is 0. The number of anilines is 1. The molecule has 202 valence electrons. The minimum atomic E-state index is -3.65. The molecule has 0 aliphatic rings. The highest BCUT2D eigenvalue weighted by atomic mass is 32.2. The molecule has 0 bridgehead atoms. The van der Waals surface area contributed by atoms with Crippen LogP contribution in [0.3, 0.4) is 0 Å². The molecule has 0 aromatic heterocycles. The second kappa shape index (κ2) is 12.3. The standard InChI is InChI=1S/C31H33N3O4S/c1-31(2,18-24-12-13-25-10-6-7-11-26(25)16-24)33-20-29(35)21-38-30-15-14-28(17-27(30)19-32)34-39(36,37)22-23-8-4-3-5-9-23/h3-17,29,33-35H,18,20-22H2,1-2H3/t29-/m1/s1. The summed E-state index contributed by atoms with van der Waals surface area (Å²) in [5, 5.41) is 25.9. The summed E-state index contributed by atoms with van der Waals surface area (Å²) < 4.78 is 33.3. The summed E-state index contributed by atoms with van der Waals surface area (Å²) >= 11 is 0. The highest BCUT2D eigenvalue weighted by molar-refractivity contribution is 7.91. The van der Waals surface area contributed by atoms with Crippen LogP contribution < -0.4 is 14.8 Å². The fourth-order valence-corrected chi connectivity index (χ4v) is 5.57. The first-order valence-electron chi connectivity index (χ1n) is 12.7. The number of ether oxygens (including phenoxy) is 1. The Hall–Kier alpha value is -3.90. The van der Waals surface area contributed by atoms with Gasteiger partial charge in [0.05, 0.1) is 17.0 Å². The summed E-state index contributed by atoms with van der Waals surface area (Å²) in [5.74, 6) is 0.0997. The second-order valence-electron chi connectivity index (χ2n) is 10.3. The first-order chi connectivity index (χ1) is 18.6. The fourth-order valence-electron chi connectivity index (χ4n) is 4.38. The maximum Gasteiger partial charge on any atom is 0.236 e. The number of β-amino-alcohol motifs (C(OH)–C–C–N with tert-alkyl or cyclic N) is 1. The van der Waals surface area contributed by atoms with Crippen LogP contribution in [-0.2, 0) is 22.2 Å². The smallest absolute Gasteiger partial charge is 0.236 e. The van der Waals surface area contributed by atoms with Gasteiger partial charge in [-0.2, -0.15) is 5.26 Å². The highest BCUT2D eigenvalue weighted by Crippen LogP contribution is 2.24. The molecular formula is C31H33N3O4S. The molecule has 3 N–H and O–H groups in total. The summed E-state index contributed by atoms with van der Waals surface area (Å²) in [6, 6.07) is 30.1. The molecule has 8 heteroatoms. The Morgan fingerprint density at radius 1 is 0.923 bits per heavy atom. The Kier molecular flexibility index (Phi) is 8.87. The van der Waals surface area contributed by atoms with Crippen LogP contribution in [0.15, 0.2) is 91.0 Å². The minimum absolute atomic E-state index is 0.0210. The van der Waals surface area contributed by atoms with Crippen LogP contribution in [0, 0.1) is 11.3 Å². The molecule has 0 aliphatic carbocycles. The van der Waals surface area contributed by atoms with Gasteiger partial charge in [0.2, 0.25) is 10.0 Å². The van der Waals surface area contributed by atoms with Gasteiger partial charge >= 0.3 is 0 Å². The van der Waals surface area contributed by atoms with E-state index in [-0.39, 0.29) is 34.9 Å². The number of fused-ring (bicyclic) bond motifs is 1. The maximum atomic E-state index is 12.5. The van der Waals surface area contributed by atoms with E-state index in [1.54, 1.807) is 24.3 Å². The SMILES string of the molecule is CC(C)(Cc1ccc2ccccc2c1)NC[C@@H](O)COc1ccc(NS(=O)(=O)Cc2ccccc2)cc1C#N. The zero-order valence-corrected chi connectivity index (χ0v) is 22.9. The van der Waals surface area contributed by atoms with Gasteiger partial charge in [0.15, 0.2) is 0 Å². The van der Waals surface area contributed by atoms with Gasteiger partial charge in [-0.25, -0.2) is 8.42 Å². The van der Waals surface area contributed by atoms with Crippen LogP contribution in [0.25, 0.3) is 10.8 Å². The predicted molar refractivity (Wildman–Crippen MR) is 155 cm³/mol. The van der Waals surface area contributed by atoms with Gasteiger partial charge in [-0.1, -0.05) is 72.8 Å². The van der Waals surface area contributed by atoms with Crippen LogP contribution in [0.5, 0.6) is 5.75 Å². The third-order valence-electron chi connectivity index (χ3n) is 6.28. The molecule has 4 aromatic carbocycles. The number of hydrogen-bond donors (Lipinski definition) is 3. The van der Waals surface area contributed by atoms with Gasteiger partial charge in [-0.05, 0) is 60.4 Å². The van der Waals surface area contributed by atoms with Gasteiger partial charge in [0.25, 0.3) is 0 Å². The molecule has 0 unspecified atom stereocenters. The average molecular weight is 544 g/mol. The number of hydrogen-bond acceptors (Lipinski definition) is 6. The molecule has 39 heavy (non-hydrogen) atoms. The predicted octanol–water partition coefficient (Wildman–Crippen LogP) is 5.00. The Bertz CT molecular complexity index is 1560. The van der Waals surface area contributed by atoms with Crippen LogP contribution in [-0.4, -0.2) is 38.3 Å². The summed E-state index contributed by atoms with van der Waals surface area (Å²) in [5.41, 5.74) is 2.04. The number of aliphatic hydroxyl groups is 1. The van der Waals surface area contributed by atoms with Crippen molar-refractivity contribution in [1.29, 1.82) is 5.26 Å². The minimum Gasteiger partial charge on any atom is -0.489 e. The van der Waals surface area contributed by atoms with E-state index >= 15 is 0 Å². The topological polar surface area (TPSA) is 111 Å². The Balaban J connectivity index is 1.29. The van der Waals surface area contributed by atoms with Gasteiger partial charge in [-0.3, -0.25) is 4.72 Å². The van der Waals surface area contributed by atoms with Gasteiger partial charge in [0.1, 0.15) is 24.5 Å². The van der Waals surface area contributed by atoms with E-state index in [2.05, 4.69) is 54.2 Å². The van der Waals surface area contributed by atoms with E-state index in [4.69, 9.17) is 4.74 Å². The summed E-state index contributed by atoms with van der Waals surface area (Å²) in [7, 11) is -3.65. The lowest BCUT2D eigenvalue weighted by atomic mass is 9.93. The molecule has 7 nitrogen and oxygen atoms in total. The van der Waals surface area contributed by atoms with Crippen molar-refractivity contribution in [2.24, 2.45) is 0 Å². The van der Waals surface area contributed by atoms with Crippen LogP contribution >= 0.6 is 0 Å². The maximum absolute atomic E-state index is 12.5. The average Bonchev–Trinajstić information content (AvgIpc) is 2.91. The van der Waals surface area contributed by atoms with Gasteiger partial charge in [-0.15, -0.1) is 0 Å². The number of nitriles is 1. The first kappa shape index (κ1) is 28.1. The molecule has 1 atom stereocenters. The zero-order chi connectivity index (χ0) is 27.9. The number of rotatable bonds is 12. The lowest BCUT2D eigenvalue weighted by Crippen LogP contribution is -2.46. The Morgan fingerprint density at radius 3 is 2.38 bits per heavy atom. The van der Waals surface area contributed by atoms with Crippen molar-refractivity contribution in [3.05, 3.63) is 108 Å². The molecule has 0 spiro atoms. The first-order valence-corrected chi connectivity index (χ1v) is 14.4. The van der Waals surface area contributed by atoms with E-state index in [0.717, 1.165) is 6.42 Å². The fraction of sp³-hybridized carbons (Fsp3) is 0.258. The van der Waals surface area contributed by atoms with Crippen molar-refractivity contribution >= 4 is 26.5 Å². The van der Waals surface area contributed by atoms with E-state index in [1.165, 1.54) is 34.5 Å². The zero-order valence-electron chi connectivity index (χ0n) is 22.1. The number of sulfonamides is 1. The Labute approximate surface area is 230 Å². The molecule has 4 rings (SSSR count). The van der Waals surface area contributed by atoms with E-state index in [1.807, 2.05) is 24.3 Å². The van der Waals surface area contributed by atoms with Crippen molar-refractivity contribution in [1.82, 2.24) is 5.32 Å². The quantitative estimate of drug-likeness (QED) is 0.232. The van der Waals surface area contributed by atoms with E-state index in [9.17, 15) is 18.8 Å². The van der Waals surface area contributed by atoms with Crippen LogP contribution in [0.4, 0.5) is 5.69 Å². The number of benzene rings is 4. The monoisotopic (exact) mass is 543 g/mol. The largest absolute Gasteiger partial charge is 0.489 e. The lowest BCUT2D eigenvalue weighted by Gasteiger charge is -2.28. The molecule has 0 saturated heterocycles. The summed E-state index contributed by atoms with van der Waals surface area (Å²) in [6.45, 7) is 4.45.